The number of rotatable bonds is 19. The van der Waals surface area contributed by atoms with E-state index in [1.165, 1.54) is 40.6 Å². The number of piperidine rings is 2. The highest BCUT2D eigenvalue weighted by Crippen LogP contribution is 2.44. The van der Waals surface area contributed by atoms with Crippen LogP contribution in [0.15, 0.2) is 136 Å². The first-order chi connectivity index (χ1) is 40.9. The number of alkyl halides is 3. The predicted molar refractivity (Wildman–Crippen MR) is 322 cm³/mol. The van der Waals surface area contributed by atoms with Gasteiger partial charge in [0.05, 0.1) is 21.7 Å². The summed E-state index contributed by atoms with van der Waals surface area (Å²) in [6.45, 7) is 10.7. The molecule has 12 rings (SSSR count). The number of piperazine rings is 2. The topological polar surface area (TPSA) is 206 Å². The zero-order valence-electron chi connectivity index (χ0n) is 47.4. The zero-order valence-corrected chi connectivity index (χ0v) is 50.7. The molecule has 5 fully saturated rings. The third-order valence-electron chi connectivity index (χ3n) is 17.3. The molecule has 5 aromatic rings. The number of anilines is 2. The molecule has 0 aromatic heterocycles. The predicted octanol–water partition coefficient (Wildman–Crippen LogP) is 8.86. The largest absolute Gasteiger partial charge is 0.501 e. The van der Waals surface area contributed by atoms with Crippen molar-refractivity contribution in [1.29, 1.82) is 0 Å². The van der Waals surface area contributed by atoms with Crippen LogP contribution in [0.1, 0.15) is 101 Å². The van der Waals surface area contributed by atoms with E-state index in [0.29, 0.717) is 62.5 Å². The fraction of sp³-hybridized carbons (Fsp3) is 0.403. The second kappa shape index (κ2) is 24.5. The molecule has 454 valence electrons. The van der Waals surface area contributed by atoms with Crippen molar-refractivity contribution in [3.05, 3.63) is 154 Å². The number of imide groups is 2. The van der Waals surface area contributed by atoms with E-state index in [0.717, 1.165) is 78.5 Å². The maximum atomic E-state index is 14.6. The van der Waals surface area contributed by atoms with Gasteiger partial charge >= 0.3 is 5.51 Å². The van der Waals surface area contributed by atoms with Gasteiger partial charge in [-0.1, -0.05) is 67.4 Å². The Kier molecular flexibility index (Phi) is 17.4. The van der Waals surface area contributed by atoms with Crippen LogP contribution in [0, 0.1) is 5.41 Å². The molecular formula is C62H66ClF3N8O9S3. The standard InChI is InChI=1S/C62H66ClF3N8O9S3/c1-61(2)24-22-50(40-9-13-43(63)14-10-40)42(33-61)35-70-26-28-72(29-27-70)45-15-11-41(12-16-45)57(76)69-86(82,83)49-17-19-53(55(32-49)85(80,81)62(64,65)66)67-44(38-84-48-6-4-3-5-7-48)23-25-73-46-31-47(73)37-71(36-46)34-39-8-18-51-52(30-39)60(79)74(59(51)78)54-20-21-56(75)68-58(54)77/h3-19,30,32,44,46-47,54,67H,20-29,31,33-38H2,1-2H3,(H,69,76)(H,68,75,77)/t44-,46?,47?,54?/m1/s1. The molecule has 1 aliphatic carbocycles. The summed E-state index contributed by atoms with van der Waals surface area (Å²) in [5.41, 5.74) is -0.0999. The van der Waals surface area contributed by atoms with Crippen LogP contribution < -0.4 is 20.3 Å². The number of amides is 5. The number of sulfone groups is 1. The van der Waals surface area contributed by atoms with Gasteiger partial charge in [-0.15, -0.1) is 11.8 Å². The van der Waals surface area contributed by atoms with Crippen LogP contribution in [-0.4, -0.2) is 154 Å². The van der Waals surface area contributed by atoms with E-state index < -0.39 is 82.5 Å². The SMILES string of the molecule is CC1(C)CCC(c2ccc(Cl)cc2)=C(CN2CCN(c3ccc(C(=O)NS(=O)(=O)c4ccc(N[C@H](CCN5C6CC5CN(Cc5ccc7c(c5)C(=O)N(C5CCC(=O)NC5=O)C7=O)C6)CSc5ccccc5)c(S(=O)(=O)C(F)(F)F)c4)cc3)CC2)C1. The Bertz CT molecular complexity index is 3720. The quantitative estimate of drug-likeness (QED) is 0.0522. The lowest BCUT2D eigenvalue weighted by Crippen LogP contribution is -2.68. The number of halogens is 4. The summed E-state index contributed by atoms with van der Waals surface area (Å²) in [6.07, 6.45) is 4.40. The average molecular weight is 1260 g/mol. The molecule has 5 amide bonds. The highest BCUT2D eigenvalue weighted by Gasteiger charge is 2.50. The Hall–Kier alpha value is -6.60. The molecule has 24 heteroatoms. The van der Waals surface area contributed by atoms with E-state index in [1.54, 1.807) is 30.3 Å². The number of carbonyl (C=O) groups is 5. The van der Waals surface area contributed by atoms with Crippen molar-refractivity contribution in [1.82, 2.24) is 29.6 Å². The van der Waals surface area contributed by atoms with Crippen LogP contribution in [-0.2, 0) is 36.0 Å². The van der Waals surface area contributed by atoms with Crippen molar-refractivity contribution < 1.29 is 54.0 Å². The molecule has 0 radical (unpaired) electrons. The van der Waals surface area contributed by atoms with Crippen LogP contribution in [0.4, 0.5) is 24.5 Å². The first kappa shape index (κ1) is 61.1. The normalized spacial score (nSPS) is 21.7. The lowest BCUT2D eigenvalue weighted by molar-refractivity contribution is -0.136. The van der Waals surface area contributed by atoms with Crippen LogP contribution in [0.3, 0.4) is 0 Å². The van der Waals surface area contributed by atoms with E-state index >= 15 is 0 Å². The molecule has 86 heavy (non-hydrogen) atoms. The fourth-order valence-electron chi connectivity index (χ4n) is 12.8. The maximum absolute atomic E-state index is 14.6. The van der Waals surface area contributed by atoms with Gasteiger partial charge in [0.1, 0.15) is 10.9 Å². The lowest BCUT2D eigenvalue weighted by atomic mass is 9.73. The molecule has 5 aromatic carbocycles. The number of nitrogens with zero attached hydrogens (tertiary/aromatic N) is 5. The van der Waals surface area contributed by atoms with Crippen LogP contribution >= 0.6 is 23.4 Å². The summed E-state index contributed by atoms with van der Waals surface area (Å²) in [5.74, 6) is -3.09. The zero-order chi connectivity index (χ0) is 60.9. The van der Waals surface area contributed by atoms with Gasteiger partial charge in [0.25, 0.3) is 37.6 Å². The van der Waals surface area contributed by atoms with E-state index in [2.05, 4.69) is 56.2 Å². The van der Waals surface area contributed by atoms with Gasteiger partial charge in [0.2, 0.25) is 11.8 Å². The lowest BCUT2D eigenvalue weighted by Gasteiger charge is -2.57. The third-order valence-corrected chi connectivity index (χ3v) is 21.6. The Labute approximate surface area is 507 Å². The van der Waals surface area contributed by atoms with E-state index in [4.69, 9.17) is 11.6 Å². The number of benzene rings is 5. The average Bonchev–Trinajstić information content (AvgIpc) is 1.59. The van der Waals surface area contributed by atoms with Gasteiger partial charge in [-0.25, -0.2) is 21.6 Å². The Morgan fingerprint density at radius 1 is 0.802 bits per heavy atom. The Morgan fingerprint density at radius 3 is 2.19 bits per heavy atom. The first-order valence-electron chi connectivity index (χ1n) is 28.7. The number of carbonyl (C=O) groups excluding carboxylic acids is 5. The number of fused-ring (bicyclic) bond motifs is 3. The molecule has 2 bridgehead atoms. The number of allylic oxidation sites excluding steroid dienone is 1. The van der Waals surface area contributed by atoms with E-state index in [1.807, 2.05) is 47.2 Å². The van der Waals surface area contributed by atoms with Crippen LogP contribution in [0.25, 0.3) is 5.57 Å². The van der Waals surface area contributed by atoms with Crippen molar-refractivity contribution in [2.75, 3.05) is 68.3 Å². The summed E-state index contributed by atoms with van der Waals surface area (Å²) in [5, 5.41) is 5.95. The Balaban J connectivity index is 0.729. The maximum Gasteiger partial charge on any atom is 0.501 e. The minimum absolute atomic E-state index is 0.0107. The monoisotopic (exact) mass is 1250 g/mol. The highest BCUT2D eigenvalue weighted by atomic mass is 35.5. The number of hydrogen-bond donors (Lipinski definition) is 3. The first-order valence-corrected chi connectivity index (χ1v) is 33.1. The van der Waals surface area contributed by atoms with E-state index in [-0.39, 0.29) is 47.0 Å². The molecule has 4 atom stereocenters. The summed E-state index contributed by atoms with van der Waals surface area (Å²) < 4.78 is 100. The summed E-state index contributed by atoms with van der Waals surface area (Å²) in [6, 6.07) is 29.6. The van der Waals surface area contributed by atoms with Gasteiger partial charge in [0, 0.05) is 110 Å². The number of sulfonamides is 1. The molecule has 6 aliphatic heterocycles. The molecule has 7 aliphatic rings. The third kappa shape index (κ3) is 13.1. The number of nitrogens with one attached hydrogen (secondary N) is 3. The number of thioether (sulfide) groups is 1. The van der Waals surface area contributed by atoms with Crippen molar-refractivity contribution in [3.63, 3.8) is 0 Å². The second-order valence-corrected chi connectivity index (χ2v) is 29.0. The van der Waals surface area contributed by atoms with Gasteiger partial charge in [-0.3, -0.25) is 48.9 Å². The van der Waals surface area contributed by atoms with E-state index in [9.17, 15) is 54.0 Å². The van der Waals surface area contributed by atoms with Crippen molar-refractivity contribution in [2.45, 2.75) is 110 Å². The summed E-state index contributed by atoms with van der Waals surface area (Å²) in [4.78, 5) is 73.5. The van der Waals surface area contributed by atoms with Gasteiger partial charge in [-0.05, 0) is 140 Å². The molecular weight excluding hydrogens is 1190 g/mol. The van der Waals surface area contributed by atoms with Crippen molar-refractivity contribution >= 4 is 89.7 Å². The minimum atomic E-state index is -6.16. The molecule has 17 nitrogen and oxygen atoms in total. The smallest absolute Gasteiger partial charge is 0.380 e. The highest BCUT2D eigenvalue weighted by molar-refractivity contribution is 7.99. The van der Waals surface area contributed by atoms with Gasteiger partial charge in [0.15, 0.2) is 0 Å². The number of hydrogen-bond acceptors (Lipinski definition) is 15. The van der Waals surface area contributed by atoms with Crippen molar-refractivity contribution in [2.24, 2.45) is 5.41 Å². The Morgan fingerprint density at radius 2 is 1.50 bits per heavy atom. The van der Waals surface area contributed by atoms with Crippen LogP contribution in [0.5, 0.6) is 0 Å². The molecule has 5 saturated heterocycles. The second-order valence-electron chi connectivity index (χ2n) is 23.8. The fourth-order valence-corrected chi connectivity index (χ4v) is 15.9. The minimum Gasteiger partial charge on any atom is -0.380 e. The molecule has 3 N–H and O–H groups in total. The summed E-state index contributed by atoms with van der Waals surface area (Å²) >= 11 is 7.63. The van der Waals surface area contributed by atoms with Crippen molar-refractivity contribution in [3.8, 4) is 0 Å². The molecule has 6 heterocycles. The molecule has 0 saturated carbocycles. The van der Waals surface area contributed by atoms with Crippen LogP contribution in [0.2, 0.25) is 5.02 Å². The van der Waals surface area contributed by atoms with Gasteiger partial charge in [-0.2, -0.15) is 13.2 Å². The summed E-state index contributed by atoms with van der Waals surface area (Å²) in [7, 11) is -11.1. The molecule has 3 unspecified atom stereocenters. The molecule has 0 spiro atoms. The van der Waals surface area contributed by atoms with Gasteiger partial charge < -0.3 is 10.2 Å².